The lowest BCUT2D eigenvalue weighted by Gasteiger charge is -2.07. The largest absolute Gasteiger partial charge is 0.384 e. The Morgan fingerprint density at radius 3 is 2.76 bits per heavy atom. The molecule has 2 rings (SSSR count). The van der Waals surface area contributed by atoms with E-state index in [9.17, 15) is 0 Å². The quantitative estimate of drug-likeness (QED) is 0.882. The summed E-state index contributed by atoms with van der Waals surface area (Å²) in [5.74, 6) is 1.43. The molecule has 2 aromatic rings. The number of halogens is 2. The van der Waals surface area contributed by atoms with Crippen LogP contribution in [0.15, 0.2) is 27.4 Å². The third-order valence-corrected chi connectivity index (χ3v) is 3.36. The van der Waals surface area contributed by atoms with E-state index in [1.54, 1.807) is 17.1 Å². The van der Waals surface area contributed by atoms with Crippen molar-refractivity contribution in [3.05, 3.63) is 33.0 Å². The first-order valence-corrected chi connectivity index (χ1v) is 6.48. The molecule has 0 aliphatic heterocycles. The number of aromatic nitrogens is 3. The van der Waals surface area contributed by atoms with Crippen LogP contribution in [0.25, 0.3) is 0 Å². The summed E-state index contributed by atoms with van der Waals surface area (Å²) in [5, 5.41) is 7.28. The summed E-state index contributed by atoms with van der Waals surface area (Å²) in [6, 6.07) is 1.93. The lowest BCUT2D eigenvalue weighted by Crippen LogP contribution is -2.05. The van der Waals surface area contributed by atoms with Gasteiger partial charge in [0.15, 0.2) is 0 Å². The van der Waals surface area contributed by atoms with E-state index in [1.807, 2.05) is 13.1 Å². The first-order valence-electron chi connectivity index (χ1n) is 4.89. The number of nitrogens with one attached hydrogen (secondary N) is 1. The maximum Gasteiger partial charge on any atom is 0.140 e. The van der Waals surface area contributed by atoms with Crippen LogP contribution in [0.1, 0.15) is 5.56 Å². The van der Waals surface area contributed by atoms with Gasteiger partial charge in [0.05, 0.1) is 10.7 Å². The fourth-order valence-electron chi connectivity index (χ4n) is 1.35. The van der Waals surface area contributed by atoms with Gasteiger partial charge >= 0.3 is 0 Å². The summed E-state index contributed by atoms with van der Waals surface area (Å²) in [4.78, 5) is 4.26. The van der Waals surface area contributed by atoms with Gasteiger partial charge in [0.1, 0.15) is 11.6 Å². The van der Waals surface area contributed by atoms with E-state index in [-0.39, 0.29) is 0 Å². The fraction of sp³-hybridized carbons (Fsp3) is 0.200. The Morgan fingerprint density at radius 2 is 2.18 bits per heavy atom. The maximum atomic E-state index is 5.85. The first kappa shape index (κ1) is 12.4. The number of anilines is 2. The van der Waals surface area contributed by atoms with Crippen molar-refractivity contribution in [2.24, 2.45) is 7.05 Å². The normalized spacial score (nSPS) is 10.5. The molecule has 3 N–H and O–H groups in total. The minimum absolute atomic E-state index is 0.590. The topological polar surface area (TPSA) is 68.8 Å². The van der Waals surface area contributed by atoms with Crippen LogP contribution >= 0.6 is 31.9 Å². The molecule has 0 saturated carbocycles. The third-order valence-electron chi connectivity index (χ3n) is 2.32. The number of rotatable bonds is 3. The van der Waals surface area contributed by atoms with Gasteiger partial charge in [0, 0.05) is 29.8 Å². The Labute approximate surface area is 116 Å². The molecule has 7 heteroatoms. The molecule has 0 atom stereocenters. The van der Waals surface area contributed by atoms with Crippen LogP contribution in [0.2, 0.25) is 0 Å². The van der Waals surface area contributed by atoms with E-state index in [2.05, 4.69) is 47.3 Å². The minimum atomic E-state index is 0.590. The van der Waals surface area contributed by atoms with Crippen LogP contribution in [0, 0.1) is 0 Å². The Bertz CT molecular complexity index is 537. The molecule has 17 heavy (non-hydrogen) atoms. The summed E-state index contributed by atoms with van der Waals surface area (Å²) < 4.78 is 3.46. The number of aryl methyl sites for hydroxylation is 1. The highest BCUT2D eigenvalue weighted by molar-refractivity contribution is 9.11. The Morgan fingerprint density at radius 1 is 1.41 bits per heavy atom. The van der Waals surface area contributed by atoms with Crippen LogP contribution in [-0.4, -0.2) is 14.8 Å². The van der Waals surface area contributed by atoms with Crippen LogP contribution in [0.5, 0.6) is 0 Å². The van der Waals surface area contributed by atoms with Crippen molar-refractivity contribution in [3.63, 3.8) is 0 Å². The number of hydrogen-bond acceptors (Lipinski definition) is 4. The van der Waals surface area contributed by atoms with Crippen molar-refractivity contribution < 1.29 is 0 Å². The molecule has 0 aromatic carbocycles. The second-order valence-corrected chi connectivity index (χ2v) is 5.29. The van der Waals surface area contributed by atoms with E-state index in [0.29, 0.717) is 12.4 Å². The molecular weight excluding hydrogens is 350 g/mol. The predicted molar refractivity (Wildman–Crippen MR) is 74.6 cm³/mol. The van der Waals surface area contributed by atoms with Gasteiger partial charge in [-0.1, -0.05) is 0 Å². The van der Waals surface area contributed by atoms with E-state index in [4.69, 9.17) is 5.73 Å². The standard InChI is InChI=1S/C10H11Br2N5/c1-17-9(13)6(4-16-17)3-14-10-8(12)2-7(11)5-15-10/h2,4-5H,3,13H2,1H3,(H,14,15). The summed E-state index contributed by atoms with van der Waals surface area (Å²) in [6.07, 6.45) is 3.48. The summed E-state index contributed by atoms with van der Waals surface area (Å²) in [5.41, 5.74) is 6.80. The predicted octanol–water partition coefficient (Wildman–Crippen LogP) is 2.53. The van der Waals surface area contributed by atoms with Gasteiger partial charge in [-0.25, -0.2) is 4.98 Å². The Kier molecular flexibility index (Phi) is 3.68. The lowest BCUT2D eigenvalue weighted by atomic mass is 10.3. The van der Waals surface area contributed by atoms with E-state index in [1.165, 1.54) is 0 Å². The molecular formula is C10H11Br2N5. The van der Waals surface area contributed by atoms with Crippen molar-refractivity contribution in [1.29, 1.82) is 0 Å². The van der Waals surface area contributed by atoms with E-state index >= 15 is 0 Å². The molecule has 0 bridgehead atoms. The van der Waals surface area contributed by atoms with Crippen LogP contribution in [0.3, 0.4) is 0 Å². The van der Waals surface area contributed by atoms with Crippen molar-refractivity contribution in [2.45, 2.75) is 6.54 Å². The Hall–Kier alpha value is -1.08. The smallest absolute Gasteiger partial charge is 0.140 e. The molecule has 90 valence electrons. The van der Waals surface area contributed by atoms with Gasteiger partial charge in [-0.05, 0) is 37.9 Å². The van der Waals surface area contributed by atoms with Gasteiger partial charge in [-0.2, -0.15) is 5.10 Å². The van der Waals surface area contributed by atoms with Crippen molar-refractivity contribution in [2.75, 3.05) is 11.1 Å². The number of pyridine rings is 1. The minimum Gasteiger partial charge on any atom is -0.384 e. The molecule has 2 aromatic heterocycles. The molecule has 2 heterocycles. The molecule has 0 aliphatic carbocycles. The molecule has 0 aliphatic rings. The maximum absolute atomic E-state index is 5.85. The lowest BCUT2D eigenvalue weighted by molar-refractivity contribution is 0.778. The molecule has 0 unspecified atom stereocenters. The van der Waals surface area contributed by atoms with Gasteiger partial charge in [0.2, 0.25) is 0 Å². The highest BCUT2D eigenvalue weighted by atomic mass is 79.9. The molecule has 5 nitrogen and oxygen atoms in total. The average Bonchev–Trinajstić information content (AvgIpc) is 2.59. The highest BCUT2D eigenvalue weighted by Crippen LogP contribution is 2.24. The Balaban J connectivity index is 2.10. The molecule has 0 saturated heterocycles. The van der Waals surface area contributed by atoms with Crippen LogP contribution < -0.4 is 11.1 Å². The van der Waals surface area contributed by atoms with Gasteiger partial charge in [-0.15, -0.1) is 0 Å². The first-order chi connectivity index (χ1) is 8.08. The molecule has 0 fully saturated rings. The van der Waals surface area contributed by atoms with E-state index in [0.717, 1.165) is 20.3 Å². The van der Waals surface area contributed by atoms with Crippen LogP contribution in [0.4, 0.5) is 11.6 Å². The van der Waals surface area contributed by atoms with Crippen molar-refractivity contribution in [3.8, 4) is 0 Å². The van der Waals surface area contributed by atoms with Crippen LogP contribution in [-0.2, 0) is 13.6 Å². The second-order valence-electron chi connectivity index (χ2n) is 3.52. The number of nitrogens with zero attached hydrogens (tertiary/aromatic N) is 3. The van der Waals surface area contributed by atoms with Gasteiger partial charge in [-0.3, -0.25) is 4.68 Å². The number of hydrogen-bond donors (Lipinski definition) is 2. The second kappa shape index (κ2) is 5.05. The van der Waals surface area contributed by atoms with Crippen molar-refractivity contribution >= 4 is 43.5 Å². The number of nitrogens with two attached hydrogens (primary N) is 1. The summed E-state index contributed by atoms with van der Waals surface area (Å²) in [6.45, 7) is 0.590. The average molecular weight is 361 g/mol. The summed E-state index contributed by atoms with van der Waals surface area (Å²) >= 11 is 6.79. The zero-order valence-corrected chi connectivity index (χ0v) is 12.3. The zero-order valence-electron chi connectivity index (χ0n) is 9.11. The van der Waals surface area contributed by atoms with E-state index < -0.39 is 0 Å². The highest BCUT2D eigenvalue weighted by Gasteiger charge is 2.06. The van der Waals surface area contributed by atoms with Gasteiger partial charge in [0.25, 0.3) is 0 Å². The SMILES string of the molecule is Cn1ncc(CNc2ncc(Br)cc2Br)c1N. The van der Waals surface area contributed by atoms with Gasteiger partial charge < -0.3 is 11.1 Å². The zero-order chi connectivity index (χ0) is 12.4. The molecule has 0 amide bonds. The number of nitrogen functional groups attached to an aromatic ring is 1. The summed E-state index contributed by atoms with van der Waals surface area (Å²) in [7, 11) is 1.81. The monoisotopic (exact) mass is 359 g/mol. The fourth-order valence-corrected chi connectivity index (χ4v) is 2.48. The van der Waals surface area contributed by atoms with Crippen molar-refractivity contribution in [1.82, 2.24) is 14.8 Å². The molecule has 0 spiro atoms. The molecule has 0 radical (unpaired) electrons. The third kappa shape index (κ3) is 2.78.